The number of benzene rings is 1. The van der Waals surface area contributed by atoms with Gasteiger partial charge in [0.05, 0.1) is 35.3 Å². The molecule has 1 fully saturated rings. The van der Waals surface area contributed by atoms with Gasteiger partial charge in [0.15, 0.2) is 0 Å². The number of hydrogen-bond donors (Lipinski definition) is 2. The number of carbonyl (C=O) groups excluding carboxylic acids is 3. The molecule has 1 saturated carbocycles. The fourth-order valence-electron chi connectivity index (χ4n) is 4.11. The van der Waals surface area contributed by atoms with Crippen molar-refractivity contribution < 1.29 is 28.6 Å². The normalized spacial score (nSPS) is 24.7. The summed E-state index contributed by atoms with van der Waals surface area (Å²) in [6.07, 6.45) is 0.541. The van der Waals surface area contributed by atoms with Crippen LogP contribution in [0.15, 0.2) is 30.3 Å². The summed E-state index contributed by atoms with van der Waals surface area (Å²) in [5, 5.41) is 4.43. The summed E-state index contributed by atoms with van der Waals surface area (Å²) in [7, 11) is 3.15. The molecule has 1 aromatic carbocycles. The molecule has 2 rings (SSSR count). The Balaban J connectivity index is 2.22. The smallest absolute Gasteiger partial charge is 0.328 e. The molecule has 0 aromatic heterocycles. The van der Waals surface area contributed by atoms with Crippen molar-refractivity contribution in [3.8, 4) is 0 Å². The Morgan fingerprint density at radius 2 is 1.76 bits per heavy atom. The summed E-state index contributed by atoms with van der Waals surface area (Å²) in [6.45, 7) is 6.48. The molecule has 208 valence electrons. The fourth-order valence-corrected chi connectivity index (χ4v) is 5.08. The van der Waals surface area contributed by atoms with Crippen LogP contribution in [0.1, 0.15) is 45.6 Å². The van der Waals surface area contributed by atoms with Crippen molar-refractivity contribution in [2.75, 3.05) is 27.3 Å². The Hall–Kier alpha value is -1.87. The van der Waals surface area contributed by atoms with Crippen molar-refractivity contribution in [2.24, 2.45) is 11.3 Å². The van der Waals surface area contributed by atoms with Gasteiger partial charge < -0.3 is 24.8 Å². The first-order valence-electron chi connectivity index (χ1n) is 12.7. The third-order valence-electron chi connectivity index (χ3n) is 6.27. The largest absolute Gasteiger partial charge is 0.467 e. The number of rotatable bonds is 12. The lowest BCUT2D eigenvalue weighted by atomic mass is 9.82. The highest BCUT2D eigenvalue weighted by Gasteiger charge is 2.50. The molecule has 1 aromatic rings. The Morgan fingerprint density at radius 1 is 1.08 bits per heavy atom. The number of amides is 1. The maximum atomic E-state index is 13.5. The van der Waals surface area contributed by atoms with Gasteiger partial charge in [-0.25, -0.2) is 4.79 Å². The van der Waals surface area contributed by atoms with Crippen LogP contribution in [0.25, 0.3) is 0 Å². The van der Waals surface area contributed by atoms with Gasteiger partial charge in [-0.05, 0) is 59.2 Å². The van der Waals surface area contributed by atoms with Gasteiger partial charge in [0.2, 0.25) is 5.91 Å². The molecule has 0 saturated heterocycles. The molecule has 37 heavy (non-hydrogen) atoms. The van der Waals surface area contributed by atoms with Gasteiger partial charge in [-0.1, -0.05) is 30.3 Å². The highest BCUT2D eigenvalue weighted by atomic mass is 35.5. The standard InChI is InChI=1S/C27H40Cl2N2O6/c1-27(2,3)26(34)37-22-18(16-19(28)23(21(22)29)36-14-10-9-13-30-4)24(32)31-20(25(33)35-5)15-17-11-7-6-8-12-17/h6-8,11-12,18-23,30H,9-10,13-16H2,1-5H3,(H,31,32)/t18?,19?,20-,21?,22?,23?/m0/s1. The van der Waals surface area contributed by atoms with Gasteiger partial charge in [-0.3, -0.25) is 9.59 Å². The molecule has 1 aliphatic rings. The van der Waals surface area contributed by atoms with E-state index in [0.717, 1.165) is 24.9 Å². The van der Waals surface area contributed by atoms with Gasteiger partial charge in [0.25, 0.3) is 0 Å². The number of unbranched alkanes of at least 4 members (excludes halogenated alkanes) is 1. The number of esters is 2. The minimum atomic E-state index is -0.985. The van der Waals surface area contributed by atoms with E-state index in [1.807, 2.05) is 37.4 Å². The summed E-state index contributed by atoms with van der Waals surface area (Å²) in [5.74, 6) is -2.43. The molecular weight excluding hydrogens is 519 g/mol. The minimum Gasteiger partial charge on any atom is -0.467 e. The molecule has 0 spiro atoms. The van der Waals surface area contributed by atoms with E-state index in [4.69, 9.17) is 37.4 Å². The summed E-state index contributed by atoms with van der Waals surface area (Å²) >= 11 is 13.5. The molecule has 5 unspecified atom stereocenters. The molecule has 0 bridgehead atoms. The molecule has 0 radical (unpaired) electrons. The predicted octanol–water partition coefficient (Wildman–Crippen LogP) is 3.46. The highest BCUT2D eigenvalue weighted by Crippen LogP contribution is 2.37. The quantitative estimate of drug-likeness (QED) is 0.230. The van der Waals surface area contributed by atoms with Gasteiger partial charge in [-0.2, -0.15) is 0 Å². The second-order valence-electron chi connectivity index (χ2n) is 10.3. The number of carbonyl (C=O) groups is 3. The molecule has 8 nitrogen and oxygen atoms in total. The van der Waals surface area contributed by atoms with E-state index in [1.165, 1.54) is 7.11 Å². The van der Waals surface area contributed by atoms with Crippen molar-refractivity contribution in [1.82, 2.24) is 10.6 Å². The maximum Gasteiger partial charge on any atom is 0.328 e. The summed E-state index contributed by atoms with van der Waals surface area (Å²) in [6, 6.07) is 8.36. The second kappa shape index (κ2) is 14.9. The first kappa shape index (κ1) is 31.3. The van der Waals surface area contributed by atoms with Crippen LogP contribution in [0.5, 0.6) is 0 Å². The van der Waals surface area contributed by atoms with Crippen LogP contribution >= 0.6 is 23.2 Å². The van der Waals surface area contributed by atoms with Crippen LogP contribution in [-0.2, 0) is 35.0 Å². The average molecular weight is 560 g/mol. The zero-order chi connectivity index (χ0) is 27.6. The first-order chi connectivity index (χ1) is 17.5. The molecule has 0 heterocycles. The van der Waals surface area contributed by atoms with Crippen molar-refractivity contribution in [2.45, 2.75) is 75.5 Å². The van der Waals surface area contributed by atoms with Crippen molar-refractivity contribution in [3.63, 3.8) is 0 Å². The van der Waals surface area contributed by atoms with Crippen molar-refractivity contribution >= 4 is 41.0 Å². The first-order valence-corrected chi connectivity index (χ1v) is 13.5. The number of hydrogen-bond acceptors (Lipinski definition) is 7. The lowest BCUT2D eigenvalue weighted by Crippen LogP contribution is -2.58. The predicted molar refractivity (Wildman–Crippen MR) is 144 cm³/mol. The zero-order valence-electron chi connectivity index (χ0n) is 22.3. The second-order valence-corrected chi connectivity index (χ2v) is 11.4. The van der Waals surface area contributed by atoms with E-state index in [2.05, 4.69) is 10.6 Å². The van der Waals surface area contributed by atoms with E-state index in [9.17, 15) is 14.4 Å². The van der Waals surface area contributed by atoms with E-state index in [0.29, 0.717) is 6.61 Å². The summed E-state index contributed by atoms with van der Waals surface area (Å²) in [4.78, 5) is 38.8. The van der Waals surface area contributed by atoms with Crippen LogP contribution in [0.3, 0.4) is 0 Å². The van der Waals surface area contributed by atoms with E-state index < -0.39 is 58.2 Å². The third kappa shape index (κ3) is 9.43. The van der Waals surface area contributed by atoms with Crippen LogP contribution in [0.2, 0.25) is 0 Å². The molecule has 10 heteroatoms. The minimum absolute atomic E-state index is 0.166. The van der Waals surface area contributed by atoms with Crippen LogP contribution in [0, 0.1) is 11.3 Å². The van der Waals surface area contributed by atoms with Gasteiger partial charge in [-0.15, -0.1) is 23.2 Å². The van der Waals surface area contributed by atoms with Crippen molar-refractivity contribution in [1.29, 1.82) is 0 Å². The van der Waals surface area contributed by atoms with Crippen LogP contribution < -0.4 is 10.6 Å². The Labute approximate surface area is 230 Å². The van der Waals surface area contributed by atoms with Crippen molar-refractivity contribution in [3.05, 3.63) is 35.9 Å². The number of methoxy groups -OCH3 is 1. The number of halogens is 2. The highest BCUT2D eigenvalue weighted by molar-refractivity contribution is 6.25. The van der Waals surface area contributed by atoms with E-state index in [1.54, 1.807) is 20.8 Å². The summed E-state index contributed by atoms with van der Waals surface area (Å²) < 4.78 is 16.7. The van der Waals surface area contributed by atoms with Gasteiger partial charge >= 0.3 is 11.9 Å². The van der Waals surface area contributed by atoms with Gasteiger partial charge in [0, 0.05) is 13.0 Å². The maximum absolute atomic E-state index is 13.5. The zero-order valence-corrected chi connectivity index (χ0v) is 23.8. The van der Waals surface area contributed by atoms with E-state index in [-0.39, 0.29) is 12.8 Å². The number of ether oxygens (including phenoxy) is 3. The topological polar surface area (TPSA) is 103 Å². The average Bonchev–Trinajstić information content (AvgIpc) is 2.86. The Kier molecular flexibility index (Phi) is 12.6. The van der Waals surface area contributed by atoms with Crippen LogP contribution in [-0.4, -0.2) is 74.2 Å². The van der Waals surface area contributed by atoms with Gasteiger partial charge in [0.1, 0.15) is 12.1 Å². The fraction of sp³-hybridized carbons (Fsp3) is 0.667. The lowest BCUT2D eigenvalue weighted by molar-refractivity contribution is -0.168. The summed E-state index contributed by atoms with van der Waals surface area (Å²) in [5.41, 5.74) is 0.0515. The monoisotopic (exact) mass is 558 g/mol. The Morgan fingerprint density at radius 3 is 2.35 bits per heavy atom. The SMILES string of the molecule is CNCCCCOC1C(Cl)CC(C(=O)N[C@@H](Cc2ccccc2)C(=O)OC)C(OC(=O)C(C)(C)C)C1Cl. The third-order valence-corrected chi connectivity index (χ3v) is 7.19. The molecule has 6 atom stereocenters. The van der Waals surface area contributed by atoms with E-state index >= 15 is 0 Å². The Bertz CT molecular complexity index is 879. The molecular formula is C27H40Cl2N2O6. The molecule has 2 N–H and O–H groups in total. The number of nitrogens with one attached hydrogen (secondary N) is 2. The lowest BCUT2D eigenvalue weighted by Gasteiger charge is -2.42. The van der Waals surface area contributed by atoms with Crippen LogP contribution in [0.4, 0.5) is 0 Å². The molecule has 1 amide bonds. The molecule has 0 aliphatic heterocycles. The number of alkyl halides is 2. The molecule has 1 aliphatic carbocycles.